The zero-order valence-corrected chi connectivity index (χ0v) is 20.3. The van der Waals surface area contributed by atoms with Gasteiger partial charge >= 0.3 is 0 Å². The van der Waals surface area contributed by atoms with E-state index in [-0.39, 0.29) is 11.5 Å². The Kier molecular flexibility index (Phi) is 5.94. The van der Waals surface area contributed by atoms with Gasteiger partial charge in [-0.1, -0.05) is 48.5 Å². The Morgan fingerprint density at radius 3 is 2.51 bits per heavy atom. The number of anilines is 2. The van der Waals surface area contributed by atoms with Crippen LogP contribution in [-0.2, 0) is 0 Å². The molecule has 2 aromatic carbocycles. The zero-order chi connectivity index (χ0) is 25.2. The van der Waals surface area contributed by atoms with Gasteiger partial charge in [-0.25, -0.2) is 9.97 Å². The predicted molar refractivity (Wildman–Crippen MR) is 143 cm³/mol. The SMILES string of the molecule is COc1ccc(-c2c(Nc3nccnn3)nc3c(C4=CCCCC4)c(-c4ccccc4)[nH]n3c2=O)cc1. The van der Waals surface area contributed by atoms with E-state index in [0.29, 0.717) is 28.3 Å². The fourth-order valence-electron chi connectivity index (χ4n) is 4.77. The van der Waals surface area contributed by atoms with Crippen LogP contribution in [0.2, 0.25) is 0 Å². The van der Waals surface area contributed by atoms with Crippen molar-refractivity contribution in [2.45, 2.75) is 25.7 Å². The molecule has 37 heavy (non-hydrogen) atoms. The van der Waals surface area contributed by atoms with Crippen LogP contribution < -0.4 is 15.6 Å². The van der Waals surface area contributed by atoms with Crippen LogP contribution in [0.15, 0.2) is 77.9 Å². The van der Waals surface area contributed by atoms with Gasteiger partial charge in [-0.05, 0) is 49.0 Å². The first-order valence-corrected chi connectivity index (χ1v) is 12.2. The molecular weight excluding hydrogens is 466 g/mol. The summed E-state index contributed by atoms with van der Waals surface area (Å²) in [6.45, 7) is 0. The number of nitrogens with zero attached hydrogens (tertiary/aromatic N) is 5. The number of allylic oxidation sites excluding steroid dienone is 2. The van der Waals surface area contributed by atoms with E-state index in [1.54, 1.807) is 11.6 Å². The van der Waals surface area contributed by atoms with Gasteiger partial charge < -0.3 is 10.1 Å². The second-order valence-electron chi connectivity index (χ2n) is 8.82. The molecule has 0 amide bonds. The molecule has 1 aliphatic rings. The number of fused-ring (bicyclic) bond motifs is 1. The summed E-state index contributed by atoms with van der Waals surface area (Å²) in [5, 5.41) is 14.5. The number of ether oxygens (including phenoxy) is 1. The second-order valence-corrected chi connectivity index (χ2v) is 8.82. The Labute approximate surface area is 212 Å². The molecule has 0 bridgehead atoms. The summed E-state index contributed by atoms with van der Waals surface area (Å²) < 4.78 is 6.85. The van der Waals surface area contributed by atoms with Crippen LogP contribution in [0, 0.1) is 0 Å². The van der Waals surface area contributed by atoms with E-state index in [4.69, 9.17) is 9.72 Å². The summed E-state index contributed by atoms with van der Waals surface area (Å²) in [6, 6.07) is 17.3. The number of aromatic nitrogens is 6. The van der Waals surface area contributed by atoms with E-state index in [0.717, 1.165) is 42.5 Å². The maximum Gasteiger partial charge on any atom is 0.282 e. The summed E-state index contributed by atoms with van der Waals surface area (Å²) in [5.41, 5.74) is 5.39. The highest BCUT2D eigenvalue weighted by atomic mass is 16.5. The Morgan fingerprint density at radius 1 is 0.973 bits per heavy atom. The molecule has 6 rings (SSSR count). The van der Waals surface area contributed by atoms with Gasteiger partial charge in [-0.3, -0.25) is 9.89 Å². The van der Waals surface area contributed by atoms with Crippen molar-refractivity contribution in [3.05, 3.63) is 89.0 Å². The topological polar surface area (TPSA) is 110 Å². The van der Waals surface area contributed by atoms with Gasteiger partial charge in [0.05, 0.1) is 30.8 Å². The van der Waals surface area contributed by atoms with Gasteiger partial charge in [0, 0.05) is 11.1 Å². The molecular formula is C28H25N7O2. The highest BCUT2D eigenvalue weighted by molar-refractivity contribution is 5.89. The van der Waals surface area contributed by atoms with Crippen LogP contribution >= 0.6 is 0 Å². The number of benzene rings is 2. The third-order valence-corrected chi connectivity index (χ3v) is 6.55. The monoisotopic (exact) mass is 491 g/mol. The van der Waals surface area contributed by atoms with Crippen molar-refractivity contribution in [3.63, 3.8) is 0 Å². The number of rotatable bonds is 6. The maximum absolute atomic E-state index is 14.1. The summed E-state index contributed by atoms with van der Waals surface area (Å²) >= 11 is 0. The minimum atomic E-state index is -0.235. The molecule has 0 fully saturated rings. The summed E-state index contributed by atoms with van der Waals surface area (Å²) in [4.78, 5) is 23.4. The van der Waals surface area contributed by atoms with Gasteiger partial charge in [0.1, 0.15) is 11.6 Å². The van der Waals surface area contributed by atoms with Crippen LogP contribution in [0.4, 0.5) is 11.8 Å². The van der Waals surface area contributed by atoms with E-state index in [9.17, 15) is 4.79 Å². The van der Waals surface area contributed by atoms with Crippen LogP contribution in [0.1, 0.15) is 31.2 Å². The van der Waals surface area contributed by atoms with E-state index < -0.39 is 0 Å². The standard InChI is InChI=1S/C28H25N7O2/c1-37-21-14-12-19(13-15-21)23-25(32-28-29-16-17-30-33-28)31-26-22(18-8-4-2-5-9-18)24(34-35(26)27(23)36)20-10-6-3-7-11-20/h3,6-8,10-17,34H,2,4-5,9H2,1H3,(H,29,32,33). The van der Waals surface area contributed by atoms with Gasteiger partial charge in [0.25, 0.3) is 5.56 Å². The van der Waals surface area contributed by atoms with Gasteiger partial charge in [0.15, 0.2) is 5.65 Å². The zero-order valence-electron chi connectivity index (χ0n) is 20.3. The lowest BCUT2D eigenvalue weighted by Crippen LogP contribution is -2.20. The Balaban J connectivity index is 1.65. The lowest BCUT2D eigenvalue weighted by Gasteiger charge is -2.14. The van der Waals surface area contributed by atoms with Crippen molar-refractivity contribution in [3.8, 4) is 28.1 Å². The van der Waals surface area contributed by atoms with Crippen molar-refractivity contribution in [2.75, 3.05) is 12.4 Å². The molecule has 0 aliphatic heterocycles. The molecule has 0 unspecified atom stereocenters. The molecule has 3 aromatic heterocycles. The van der Waals surface area contributed by atoms with E-state index in [2.05, 4.69) is 31.7 Å². The fraction of sp³-hybridized carbons (Fsp3) is 0.179. The van der Waals surface area contributed by atoms with Crippen molar-refractivity contribution >= 4 is 23.0 Å². The number of H-pyrrole nitrogens is 1. The van der Waals surface area contributed by atoms with E-state index in [1.165, 1.54) is 18.0 Å². The molecule has 9 nitrogen and oxygen atoms in total. The van der Waals surface area contributed by atoms with Crippen LogP contribution in [0.25, 0.3) is 33.6 Å². The molecule has 3 heterocycles. The minimum absolute atomic E-state index is 0.235. The summed E-state index contributed by atoms with van der Waals surface area (Å²) in [7, 11) is 1.61. The third-order valence-electron chi connectivity index (χ3n) is 6.55. The lowest BCUT2D eigenvalue weighted by atomic mass is 9.92. The van der Waals surface area contributed by atoms with Crippen molar-refractivity contribution in [2.24, 2.45) is 0 Å². The van der Waals surface area contributed by atoms with Crippen LogP contribution in [-0.4, -0.2) is 36.9 Å². The smallest absolute Gasteiger partial charge is 0.282 e. The van der Waals surface area contributed by atoms with E-state index >= 15 is 0 Å². The largest absolute Gasteiger partial charge is 0.497 e. The number of aromatic amines is 1. The molecule has 0 saturated heterocycles. The quantitative estimate of drug-likeness (QED) is 0.334. The molecule has 1 aliphatic carbocycles. The number of hydrogen-bond donors (Lipinski definition) is 2. The third kappa shape index (κ3) is 4.24. The van der Waals surface area contributed by atoms with Crippen molar-refractivity contribution in [1.29, 1.82) is 0 Å². The first kappa shape index (κ1) is 22.7. The van der Waals surface area contributed by atoms with Gasteiger partial charge in [0.2, 0.25) is 5.95 Å². The Hall–Kier alpha value is -4.79. The molecule has 0 spiro atoms. The number of hydrogen-bond acceptors (Lipinski definition) is 7. The average Bonchev–Trinajstić information content (AvgIpc) is 3.35. The predicted octanol–water partition coefficient (Wildman–Crippen LogP) is 5.25. The molecule has 184 valence electrons. The number of methoxy groups -OCH3 is 1. The average molecular weight is 492 g/mol. The minimum Gasteiger partial charge on any atom is -0.497 e. The number of nitrogens with one attached hydrogen (secondary N) is 2. The van der Waals surface area contributed by atoms with Crippen LogP contribution in [0.5, 0.6) is 5.75 Å². The van der Waals surface area contributed by atoms with E-state index in [1.807, 2.05) is 54.6 Å². The molecule has 5 aromatic rings. The second kappa shape index (κ2) is 9.69. The fourth-order valence-corrected chi connectivity index (χ4v) is 4.77. The molecule has 0 atom stereocenters. The normalized spacial score (nSPS) is 13.4. The maximum atomic E-state index is 14.1. The Morgan fingerprint density at radius 2 is 1.81 bits per heavy atom. The summed E-state index contributed by atoms with van der Waals surface area (Å²) in [5.74, 6) is 1.31. The summed E-state index contributed by atoms with van der Waals surface area (Å²) in [6.07, 6.45) is 9.48. The van der Waals surface area contributed by atoms with Gasteiger partial charge in [-0.2, -0.15) is 9.61 Å². The van der Waals surface area contributed by atoms with Crippen molar-refractivity contribution in [1.82, 2.24) is 29.8 Å². The van der Waals surface area contributed by atoms with Crippen LogP contribution in [0.3, 0.4) is 0 Å². The van der Waals surface area contributed by atoms with Crippen molar-refractivity contribution < 1.29 is 4.74 Å². The molecule has 9 heteroatoms. The molecule has 2 N–H and O–H groups in total. The highest BCUT2D eigenvalue weighted by Crippen LogP contribution is 2.37. The Bertz CT molecular complexity index is 1640. The van der Waals surface area contributed by atoms with Gasteiger partial charge in [-0.15, -0.1) is 5.10 Å². The first-order valence-electron chi connectivity index (χ1n) is 12.2. The lowest BCUT2D eigenvalue weighted by molar-refractivity contribution is 0.415. The molecule has 0 saturated carbocycles. The molecule has 0 radical (unpaired) electrons. The highest BCUT2D eigenvalue weighted by Gasteiger charge is 2.24. The first-order chi connectivity index (χ1) is 18.2.